The molecule has 1 N–H and O–H groups in total. The third-order valence-electron chi connectivity index (χ3n) is 3.97. The van der Waals surface area contributed by atoms with Gasteiger partial charge in [-0.1, -0.05) is 35.7 Å². The van der Waals surface area contributed by atoms with E-state index in [2.05, 4.69) is 54.3 Å². The summed E-state index contributed by atoms with van der Waals surface area (Å²) < 4.78 is 0. The largest absolute Gasteiger partial charge is 0.307 e. The standard InChI is InChI=1S/C17H24N2/c1-4-11-19-12-9-17(10-13-19)18-15(3)16-7-5-14(2)6-8-16/h1,5-8,15,17-18H,9-13H2,2-3H3/t15-/m0/s1. The maximum Gasteiger partial charge on any atom is 0.0598 e. The molecule has 0 radical (unpaired) electrons. The molecule has 0 aliphatic carbocycles. The number of rotatable bonds is 4. The van der Waals surface area contributed by atoms with Crippen LogP contribution in [0.5, 0.6) is 0 Å². The fraction of sp³-hybridized carbons (Fsp3) is 0.529. The average molecular weight is 256 g/mol. The smallest absolute Gasteiger partial charge is 0.0598 e. The van der Waals surface area contributed by atoms with Gasteiger partial charge in [0.2, 0.25) is 0 Å². The minimum atomic E-state index is 0.421. The molecule has 0 unspecified atom stereocenters. The lowest BCUT2D eigenvalue weighted by Crippen LogP contribution is -2.43. The van der Waals surface area contributed by atoms with E-state index in [4.69, 9.17) is 6.42 Å². The Morgan fingerprint density at radius 2 is 1.95 bits per heavy atom. The minimum Gasteiger partial charge on any atom is -0.307 e. The molecule has 0 saturated carbocycles. The van der Waals surface area contributed by atoms with E-state index in [9.17, 15) is 0 Å². The lowest BCUT2D eigenvalue weighted by atomic mass is 10.0. The van der Waals surface area contributed by atoms with Crippen molar-refractivity contribution >= 4 is 0 Å². The van der Waals surface area contributed by atoms with E-state index in [0.717, 1.165) is 19.6 Å². The summed E-state index contributed by atoms with van der Waals surface area (Å²) in [6.45, 7) is 7.40. The van der Waals surface area contributed by atoms with Crippen LogP contribution in [0.1, 0.15) is 36.9 Å². The Kier molecular flexibility index (Phi) is 5.01. The van der Waals surface area contributed by atoms with Crippen molar-refractivity contribution in [1.29, 1.82) is 0 Å². The summed E-state index contributed by atoms with van der Waals surface area (Å²) in [6, 6.07) is 9.85. The molecule has 1 fully saturated rings. The van der Waals surface area contributed by atoms with E-state index in [1.54, 1.807) is 0 Å². The van der Waals surface area contributed by atoms with Gasteiger partial charge in [0.1, 0.15) is 0 Å². The highest BCUT2D eigenvalue weighted by Crippen LogP contribution is 2.17. The topological polar surface area (TPSA) is 15.3 Å². The Balaban J connectivity index is 1.82. The van der Waals surface area contributed by atoms with Gasteiger partial charge in [-0.15, -0.1) is 6.42 Å². The van der Waals surface area contributed by atoms with Crippen molar-refractivity contribution in [2.45, 2.75) is 38.8 Å². The number of likely N-dealkylation sites (tertiary alicyclic amines) is 1. The SMILES string of the molecule is C#CCN1CCC(N[C@@H](C)c2ccc(C)cc2)CC1. The van der Waals surface area contributed by atoms with E-state index in [1.165, 1.54) is 24.0 Å². The molecule has 1 aliphatic rings. The fourth-order valence-electron chi connectivity index (χ4n) is 2.69. The lowest BCUT2D eigenvalue weighted by Gasteiger charge is -2.33. The van der Waals surface area contributed by atoms with Gasteiger partial charge in [0.25, 0.3) is 0 Å². The summed E-state index contributed by atoms with van der Waals surface area (Å²) in [6.07, 6.45) is 7.74. The first kappa shape index (κ1) is 14.1. The fourth-order valence-corrected chi connectivity index (χ4v) is 2.69. The molecule has 0 aromatic heterocycles. The maximum atomic E-state index is 5.36. The number of hydrogen-bond acceptors (Lipinski definition) is 2. The maximum absolute atomic E-state index is 5.36. The first-order chi connectivity index (χ1) is 9.19. The van der Waals surface area contributed by atoms with Crippen molar-refractivity contribution in [3.8, 4) is 12.3 Å². The first-order valence-corrected chi connectivity index (χ1v) is 7.17. The van der Waals surface area contributed by atoms with Gasteiger partial charge >= 0.3 is 0 Å². The molecule has 2 heteroatoms. The van der Waals surface area contributed by atoms with Gasteiger partial charge in [0.15, 0.2) is 0 Å². The number of hydrogen-bond donors (Lipinski definition) is 1. The molecule has 1 atom stereocenters. The van der Waals surface area contributed by atoms with Gasteiger partial charge in [0, 0.05) is 25.2 Å². The average Bonchev–Trinajstić information content (AvgIpc) is 2.42. The van der Waals surface area contributed by atoms with E-state index >= 15 is 0 Å². The van der Waals surface area contributed by atoms with E-state index < -0.39 is 0 Å². The van der Waals surface area contributed by atoms with Gasteiger partial charge in [-0.3, -0.25) is 4.90 Å². The van der Waals surface area contributed by atoms with Crippen LogP contribution in [0, 0.1) is 19.3 Å². The van der Waals surface area contributed by atoms with Crippen molar-refractivity contribution in [3.63, 3.8) is 0 Å². The zero-order valence-corrected chi connectivity index (χ0v) is 12.0. The second-order valence-corrected chi connectivity index (χ2v) is 5.55. The van der Waals surface area contributed by atoms with Crippen LogP contribution in [0.4, 0.5) is 0 Å². The van der Waals surface area contributed by atoms with Crippen LogP contribution >= 0.6 is 0 Å². The summed E-state index contributed by atoms with van der Waals surface area (Å²) in [5.41, 5.74) is 2.69. The summed E-state index contributed by atoms with van der Waals surface area (Å²) in [7, 11) is 0. The number of nitrogens with zero attached hydrogens (tertiary/aromatic N) is 1. The highest BCUT2D eigenvalue weighted by molar-refractivity contribution is 5.23. The third kappa shape index (κ3) is 4.09. The number of piperidine rings is 1. The molecule has 2 nitrogen and oxygen atoms in total. The van der Waals surface area contributed by atoms with Crippen LogP contribution in [0.2, 0.25) is 0 Å². The minimum absolute atomic E-state index is 0.421. The van der Waals surface area contributed by atoms with Gasteiger partial charge in [-0.25, -0.2) is 0 Å². The number of nitrogens with one attached hydrogen (secondary N) is 1. The van der Waals surface area contributed by atoms with Crippen molar-refractivity contribution in [2.75, 3.05) is 19.6 Å². The van der Waals surface area contributed by atoms with Gasteiger partial charge in [-0.2, -0.15) is 0 Å². The summed E-state index contributed by atoms with van der Waals surface area (Å²) >= 11 is 0. The Hall–Kier alpha value is -1.30. The van der Waals surface area contributed by atoms with Gasteiger partial charge < -0.3 is 5.32 Å². The Morgan fingerprint density at radius 3 is 2.53 bits per heavy atom. The van der Waals surface area contributed by atoms with Crippen LogP contribution in [-0.4, -0.2) is 30.6 Å². The van der Waals surface area contributed by atoms with Crippen LogP contribution in [0.15, 0.2) is 24.3 Å². The van der Waals surface area contributed by atoms with Gasteiger partial charge in [-0.05, 0) is 32.3 Å². The Labute approximate surface area is 117 Å². The second kappa shape index (κ2) is 6.75. The first-order valence-electron chi connectivity index (χ1n) is 7.17. The molecule has 102 valence electrons. The van der Waals surface area contributed by atoms with E-state index in [1.807, 2.05) is 0 Å². The molecule has 0 amide bonds. The summed E-state index contributed by atoms with van der Waals surface area (Å²) in [5.74, 6) is 2.73. The van der Waals surface area contributed by atoms with E-state index in [0.29, 0.717) is 12.1 Å². The quantitative estimate of drug-likeness (QED) is 0.833. The number of aryl methyl sites for hydroxylation is 1. The number of benzene rings is 1. The highest BCUT2D eigenvalue weighted by atomic mass is 15.1. The van der Waals surface area contributed by atoms with Crippen LogP contribution < -0.4 is 5.32 Å². The zero-order chi connectivity index (χ0) is 13.7. The van der Waals surface area contributed by atoms with Crippen molar-refractivity contribution in [1.82, 2.24) is 10.2 Å². The molecule has 0 bridgehead atoms. The molecule has 1 saturated heterocycles. The summed E-state index contributed by atoms with van der Waals surface area (Å²) in [5, 5.41) is 3.74. The molecule has 2 rings (SSSR count). The third-order valence-corrected chi connectivity index (χ3v) is 3.97. The molecule has 1 aromatic carbocycles. The summed E-state index contributed by atoms with van der Waals surface area (Å²) in [4.78, 5) is 2.36. The molecular weight excluding hydrogens is 232 g/mol. The highest BCUT2D eigenvalue weighted by Gasteiger charge is 2.20. The predicted octanol–water partition coefficient (Wildman–Crippen LogP) is 2.74. The van der Waals surface area contributed by atoms with Crippen molar-refractivity contribution in [2.24, 2.45) is 0 Å². The van der Waals surface area contributed by atoms with E-state index in [-0.39, 0.29) is 0 Å². The molecule has 0 spiro atoms. The predicted molar refractivity (Wildman–Crippen MR) is 81.0 cm³/mol. The van der Waals surface area contributed by atoms with Crippen molar-refractivity contribution < 1.29 is 0 Å². The van der Waals surface area contributed by atoms with Crippen LogP contribution in [0.3, 0.4) is 0 Å². The lowest BCUT2D eigenvalue weighted by molar-refractivity contribution is 0.211. The van der Waals surface area contributed by atoms with Crippen LogP contribution in [-0.2, 0) is 0 Å². The number of terminal acetylenes is 1. The molecule has 1 aliphatic heterocycles. The molecule has 1 heterocycles. The molecule has 1 aromatic rings. The second-order valence-electron chi connectivity index (χ2n) is 5.55. The van der Waals surface area contributed by atoms with Gasteiger partial charge in [0.05, 0.1) is 6.54 Å². The normalized spacial score (nSPS) is 19.0. The Morgan fingerprint density at radius 1 is 1.32 bits per heavy atom. The zero-order valence-electron chi connectivity index (χ0n) is 12.0. The molecule has 19 heavy (non-hydrogen) atoms. The molecular formula is C17H24N2. The Bertz CT molecular complexity index is 422. The van der Waals surface area contributed by atoms with Crippen molar-refractivity contribution in [3.05, 3.63) is 35.4 Å². The van der Waals surface area contributed by atoms with Crippen LogP contribution in [0.25, 0.3) is 0 Å². The monoisotopic (exact) mass is 256 g/mol.